The molecule has 0 spiro atoms. The van der Waals surface area contributed by atoms with Crippen LogP contribution in [0.1, 0.15) is 51.2 Å². The third-order valence-corrected chi connectivity index (χ3v) is 5.15. The zero-order valence-electron chi connectivity index (χ0n) is 13.5. The van der Waals surface area contributed by atoms with Crippen LogP contribution in [0.2, 0.25) is 0 Å². The lowest BCUT2D eigenvalue weighted by Gasteiger charge is -2.26. The van der Waals surface area contributed by atoms with Gasteiger partial charge in [-0.05, 0) is 43.9 Å². The largest absolute Gasteiger partial charge is 0.417 e. The fourth-order valence-electron chi connectivity index (χ4n) is 2.07. The third kappa shape index (κ3) is 5.17. The second-order valence-corrected chi connectivity index (χ2v) is 7.99. The van der Waals surface area contributed by atoms with Gasteiger partial charge in [0, 0.05) is 5.54 Å². The molecule has 0 amide bonds. The van der Waals surface area contributed by atoms with Crippen molar-refractivity contribution >= 4 is 10.0 Å². The first-order chi connectivity index (χ1) is 10.3. The second-order valence-electron chi connectivity index (χ2n) is 6.34. The number of rotatable bonds is 6. The van der Waals surface area contributed by atoms with E-state index in [1.54, 1.807) is 13.8 Å². The Kier molecular flexibility index (Phi) is 5.85. The molecule has 0 radical (unpaired) electrons. The van der Waals surface area contributed by atoms with Crippen molar-refractivity contribution in [1.82, 2.24) is 4.72 Å². The molecule has 0 unspecified atom stereocenters. The van der Waals surface area contributed by atoms with Gasteiger partial charge >= 0.3 is 6.18 Å². The van der Waals surface area contributed by atoms with Crippen LogP contribution in [-0.2, 0) is 16.2 Å². The average molecular weight is 355 g/mol. The summed E-state index contributed by atoms with van der Waals surface area (Å²) in [4.78, 5) is -0.846. The number of benzene rings is 1. The Bertz CT molecular complexity index is 652. The highest BCUT2D eigenvalue weighted by molar-refractivity contribution is 7.89. The van der Waals surface area contributed by atoms with Gasteiger partial charge in [-0.3, -0.25) is 4.39 Å². The highest BCUT2D eigenvalue weighted by atomic mass is 32.2. The first kappa shape index (κ1) is 19.9. The van der Waals surface area contributed by atoms with E-state index in [0.29, 0.717) is 5.56 Å². The SMILES string of the molecule is CC(C)c1ccc(S(=O)(=O)NC(C)(C)CCF)c(C(F)(F)F)c1. The number of alkyl halides is 4. The lowest BCUT2D eigenvalue weighted by Crippen LogP contribution is -2.44. The van der Waals surface area contributed by atoms with Gasteiger partial charge in [0.1, 0.15) is 0 Å². The van der Waals surface area contributed by atoms with E-state index in [4.69, 9.17) is 0 Å². The summed E-state index contributed by atoms with van der Waals surface area (Å²) in [5, 5.41) is 0. The zero-order valence-corrected chi connectivity index (χ0v) is 14.3. The van der Waals surface area contributed by atoms with Crippen molar-refractivity contribution in [2.24, 2.45) is 0 Å². The molecular weight excluding hydrogens is 334 g/mol. The summed E-state index contributed by atoms with van der Waals surface area (Å²) in [6.07, 6.45) is -4.95. The molecule has 0 aromatic heterocycles. The van der Waals surface area contributed by atoms with Crippen molar-refractivity contribution in [2.75, 3.05) is 6.67 Å². The van der Waals surface area contributed by atoms with Crippen molar-refractivity contribution in [2.45, 2.75) is 56.6 Å². The van der Waals surface area contributed by atoms with Gasteiger partial charge < -0.3 is 0 Å². The molecule has 0 saturated heterocycles. The lowest BCUT2D eigenvalue weighted by molar-refractivity contribution is -0.140. The summed E-state index contributed by atoms with van der Waals surface area (Å²) in [5.74, 6) is -0.177. The van der Waals surface area contributed by atoms with Crippen LogP contribution in [0.3, 0.4) is 0 Å². The molecular formula is C15H21F4NO2S. The summed E-state index contributed by atoms with van der Waals surface area (Å²) in [7, 11) is -4.43. The smallest absolute Gasteiger partial charge is 0.251 e. The van der Waals surface area contributed by atoms with Crippen LogP contribution in [0.25, 0.3) is 0 Å². The molecule has 3 nitrogen and oxygen atoms in total. The highest BCUT2D eigenvalue weighted by Gasteiger charge is 2.39. The Morgan fingerprint density at radius 2 is 1.74 bits per heavy atom. The number of sulfonamides is 1. The number of nitrogens with one attached hydrogen (secondary N) is 1. The monoisotopic (exact) mass is 355 g/mol. The molecule has 1 aromatic carbocycles. The molecule has 0 atom stereocenters. The van der Waals surface area contributed by atoms with E-state index in [-0.39, 0.29) is 12.3 Å². The number of hydrogen-bond donors (Lipinski definition) is 1. The molecule has 0 aliphatic heterocycles. The van der Waals surface area contributed by atoms with Crippen LogP contribution >= 0.6 is 0 Å². The quantitative estimate of drug-likeness (QED) is 0.776. The van der Waals surface area contributed by atoms with Crippen LogP contribution in [-0.4, -0.2) is 20.6 Å². The predicted molar refractivity (Wildman–Crippen MR) is 80.5 cm³/mol. The van der Waals surface area contributed by atoms with Crippen LogP contribution in [0.15, 0.2) is 23.1 Å². The summed E-state index contributed by atoms with van der Waals surface area (Å²) in [6.45, 7) is 5.48. The van der Waals surface area contributed by atoms with Gasteiger partial charge in [-0.25, -0.2) is 13.1 Å². The Balaban J connectivity index is 3.41. The summed E-state index contributed by atoms with van der Waals surface area (Å²) in [6, 6.07) is 3.16. The van der Waals surface area contributed by atoms with E-state index in [9.17, 15) is 26.0 Å². The van der Waals surface area contributed by atoms with Gasteiger partial charge in [-0.15, -0.1) is 0 Å². The van der Waals surface area contributed by atoms with Gasteiger partial charge in [-0.2, -0.15) is 13.2 Å². The molecule has 132 valence electrons. The van der Waals surface area contributed by atoms with E-state index in [0.717, 1.165) is 12.1 Å². The predicted octanol–water partition coefficient (Wildman–Crippen LogP) is 4.25. The first-order valence-electron chi connectivity index (χ1n) is 7.11. The molecule has 23 heavy (non-hydrogen) atoms. The van der Waals surface area contributed by atoms with Crippen molar-refractivity contribution in [3.8, 4) is 0 Å². The first-order valence-corrected chi connectivity index (χ1v) is 8.59. The normalized spacial score (nSPS) is 13.6. The molecule has 0 heterocycles. The zero-order chi connectivity index (χ0) is 18.1. The van der Waals surface area contributed by atoms with Crippen molar-refractivity contribution in [3.63, 3.8) is 0 Å². The maximum Gasteiger partial charge on any atom is 0.417 e. The third-order valence-electron chi connectivity index (χ3n) is 3.40. The Morgan fingerprint density at radius 1 is 1.17 bits per heavy atom. The van der Waals surface area contributed by atoms with Crippen LogP contribution < -0.4 is 4.72 Å². The second kappa shape index (κ2) is 6.76. The van der Waals surface area contributed by atoms with Gasteiger partial charge in [-0.1, -0.05) is 19.9 Å². The van der Waals surface area contributed by atoms with Crippen LogP contribution in [0.4, 0.5) is 17.6 Å². The minimum absolute atomic E-state index is 0.141. The minimum atomic E-state index is -4.81. The highest BCUT2D eigenvalue weighted by Crippen LogP contribution is 2.36. The van der Waals surface area contributed by atoms with Gasteiger partial charge in [0.05, 0.1) is 17.1 Å². The fourth-order valence-corrected chi connectivity index (χ4v) is 3.72. The molecule has 0 bridgehead atoms. The summed E-state index contributed by atoms with van der Waals surface area (Å²) in [5.41, 5.74) is -2.01. The minimum Gasteiger partial charge on any atom is -0.251 e. The Morgan fingerprint density at radius 3 is 2.17 bits per heavy atom. The molecule has 0 aliphatic rings. The summed E-state index contributed by atoms with van der Waals surface area (Å²) < 4.78 is 79.0. The molecule has 0 saturated carbocycles. The van der Waals surface area contributed by atoms with Gasteiger partial charge in [0.2, 0.25) is 10.0 Å². The van der Waals surface area contributed by atoms with E-state index in [1.807, 2.05) is 0 Å². The van der Waals surface area contributed by atoms with E-state index in [2.05, 4.69) is 4.72 Å². The van der Waals surface area contributed by atoms with Crippen molar-refractivity contribution in [3.05, 3.63) is 29.3 Å². The van der Waals surface area contributed by atoms with E-state index >= 15 is 0 Å². The average Bonchev–Trinajstić information content (AvgIpc) is 2.35. The maximum atomic E-state index is 13.3. The van der Waals surface area contributed by atoms with Gasteiger partial charge in [0.25, 0.3) is 0 Å². The molecule has 0 aliphatic carbocycles. The van der Waals surface area contributed by atoms with E-state index in [1.165, 1.54) is 19.9 Å². The summed E-state index contributed by atoms with van der Waals surface area (Å²) >= 11 is 0. The topological polar surface area (TPSA) is 46.2 Å². The van der Waals surface area contributed by atoms with Crippen molar-refractivity contribution in [1.29, 1.82) is 0 Å². The standard InChI is InChI=1S/C15H21F4NO2S/c1-10(2)11-5-6-13(12(9-11)15(17,18)19)23(21,22)20-14(3,4)7-8-16/h5-6,9-10,20H,7-8H2,1-4H3. The number of hydrogen-bond acceptors (Lipinski definition) is 2. The maximum absolute atomic E-state index is 13.3. The number of halogens is 4. The molecule has 8 heteroatoms. The molecule has 1 rings (SSSR count). The van der Waals surface area contributed by atoms with Crippen LogP contribution in [0, 0.1) is 0 Å². The fraction of sp³-hybridized carbons (Fsp3) is 0.600. The molecule has 1 aromatic rings. The molecule has 0 fully saturated rings. The van der Waals surface area contributed by atoms with Gasteiger partial charge in [0.15, 0.2) is 0 Å². The Labute approximate surface area is 134 Å². The molecule has 1 N–H and O–H groups in total. The van der Waals surface area contributed by atoms with Crippen molar-refractivity contribution < 1.29 is 26.0 Å². The van der Waals surface area contributed by atoms with E-state index < -0.39 is 38.9 Å². The Hall–Kier alpha value is -1.15. The van der Waals surface area contributed by atoms with Crippen LogP contribution in [0.5, 0.6) is 0 Å². The lowest BCUT2D eigenvalue weighted by atomic mass is 10.0.